The Morgan fingerprint density at radius 1 is 1.50 bits per heavy atom. The van der Waals surface area contributed by atoms with Crippen molar-refractivity contribution in [2.24, 2.45) is 5.73 Å². The van der Waals surface area contributed by atoms with Crippen LogP contribution < -0.4 is 11.1 Å². The summed E-state index contributed by atoms with van der Waals surface area (Å²) in [6.07, 6.45) is 0. The molecule has 0 aromatic carbocycles. The van der Waals surface area contributed by atoms with Crippen LogP contribution in [-0.4, -0.2) is 15.0 Å². The second kappa shape index (κ2) is 5.41. The molecule has 0 aliphatic heterocycles. The normalized spacial score (nSPS) is 10.3. The van der Waals surface area contributed by atoms with E-state index in [1.165, 1.54) is 0 Å². The van der Waals surface area contributed by atoms with Crippen LogP contribution in [0.3, 0.4) is 0 Å². The third kappa shape index (κ3) is 2.83. The van der Waals surface area contributed by atoms with Gasteiger partial charge < -0.3 is 11.1 Å². The number of pyridine rings is 1. The first-order valence-electron chi connectivity index (χ1n) is 5.47. The number of nitrogens with zero attached hydrogens (tertiary/aromatic N) is 2. The van der Waals surface area contributed by atoms with Crippen molar-refractivity contribution in [2.75, 3.05) is 5.32 Å². The molecule has 0 fully saturated rings. The second-order valence-corrected chi connectivity index (χ2v) is 5.13. The SMILES string of the molecule is Cc1cc(NCc2cscn2)c(C(N)=S)c(C)n1. The molecule has 0 aliphatic rings. The predicted octanol–water partition coefficient (Wildman–Crippen LogP) is 2.40. The number of hydrogen-bond donors (Lipinski definition) is 2. The maximum atomic E-state index is 5.75. The highest BCUT2D eigenvalue weighted by molar-refractivity contribution is 7.80. The number of aryl methyl sites for hydroxylation is 2. The minimum absolute atomic E-state index is 0.362. The fourth-order valence-electron chi connectivity index (χ4n) is 1.79. The van der Waals surface area contributed by atoms with Crippen molar-refractivity contribution in [1.82, 2.24) is 9.97 Å². The van der Waals surface area contributed by atoms with E-state index < -0.39 is 0 Å². The Hall–Kier alpha value is -1.53. The monoisotopic (exact) mass is 278 g/mol. The quantitative estimate of drug-likeness (QED) is 0.841. The van der Waals surface area contributed by atoms with Gasteiger partial charge in [-0.05, 0) is 19.9 Å². The van der Waals surface area contributed by atoms with E-state index in [1.54, 1.807) is 11.3 Å². The lowest BCUT2D eigenvalue weighted by Crippen LogP contribution is -2.16. The fraction of sp³-hybridized carbons (Fsp3) is 0.250. The molecule has 2 aromatic heterocycles. The van der Waals surface area contributed by atoms with E-state index in [9.17, 15) is 0 Å². The van der Waals surface area contributed by atoms with Gasteiger partial charge >= 0.3 is 0 Å². The van der Waals surface area contributed by atoms with Gasteiger partial charge in [0.2, 0.25) is 0 Å². The van der Waals surface area contributed by atoms with Crippen LogP contribution in [0.4, 0.5) is 5.69 Å². The average molecular weight is 278 g/mol. The molecule has 0 saturated heterocycles. The average Bonchev–Trinajstić information content (AvgIpc) is 2.77. The molecule has 2 aromatic rings. The molecule has 2 heterocycles. The Bertz CT molecular complexity index is 564. The molecule has 0 bridgehead atoms. The molecule has 0 radical (unpaired) electrons. The lowest BCUT2D eigenvalue weighted by atomic mass is 10.1. The summed E-state index contributed by atoms with van der Waals surface area (Å²) in [5, 5.41) is 5.32. The summed E-state index contributed by atoms with van der Waals surface area (Å²) < 4.78 is 0. The zero-order chi connectivity index (χ0) is 13.1. The number of nitrogens with two attached hydrogens (primary N) is 1. The fourth-order valence-corrected chi connectivity index (χ4v) is 2.61. The molecule has 94 valence electrons. The van der Waals surface area contributed by atoms with Gasteiger partial charge in [0.15, 0.2) is 0 Å². The van der Waals surface area contributed by atoms with Crippen LogP contribution in [0.25, 0.3) is 0 Å². The Morgan fingerprint density at radius 3 is 2.89 bits per heavy atom. The van der Waals surface area contributed by atoms with Gasteiger partial charge in [0.1, 0.15) is 4.99 Å². The van der Waals surface area contributed by atoms with E-state index in [0.717, 1.165) is 28.3 Å². The summed E-state index contributed by atoms with van der Waals surface area (Å²) in [7, 11) is 0. The molecule has 6 heteroatoms. The van der Waals surface area contributed by atoms with Crippen LogP contribution in [0.5, 0.6) is 0 Å². The van der Waals surface area contributed by atoms with Crippen LogP contribution in [0.1, 0.15) is 22.6 Å². The minimum Gasteiger partial charge on any atom is -0.389 e. The number of thiazole rings is 1. The number of anilines is 1. The van der Waals surface area contributed by atoms with Gasteiger partial charge in [-0.3, -0.25) is 4.98 Å². The second-order valence-electron chi connectivity index (χ2n) is 3.97. The maximum absolute atomic E-state index is 5.75. The Labute approximate surface area is 115 Å². The molecule has 0 amide bonds. The largest absolute Gasteiger partial charge is 0.389 e. The van der Waals surface area contributed by atoms with Crippen molar-refractivity contribution in [1.29, 1.82) is 0 Å². The van der Waals surface area contributed by atoms with Crippen molar-refractivity contribution in [2.45, 2.75) is 20.4 Å². The van der Waals surface area contributed by atoms with E-state index in [1.807, 2.05) is 30.8 Å². The lowest BCUT2D eigenvalue weighted by molar-refractivity contribution is 1.05. The van der Waals surface area contributed by atoms with Crippen LogP contribution in [-0.2, 0) is 6.54 Å². The van der Waals surface area contributed by atoms with Gasteiger partial charge in [-0.15, -0.1) is 11.3 Å². The number of hydrogen-bond acceptors (Lipinski definition) is 5. The smallest absolute Gasteiger partial charge is 0.107 e. The summed E-state index contributed by atoms with van der Waals surface area (Å²) in [6, 6.07) is 1.95. The molecule has 3 N–H and O–H groups in total. The first-order valence-corrected chi connectivity index (χ1v) is 6.82. The maximum Gasteiger partial charge on any atom is 0.107 e. The number of rotatable bonds is 4. The molecule has 18 heavy (non-hydrogen) atoms. The Kier molecular flexibility index (Phi) is 3.88. The summed E-state index contributed by atoms with van der Waals surface area (Å²) in [6.45, 7) is 4.52. The molecular weight excluding hydrogens is 264 g/mol. The number of thiocarbonyl (C=S) groups is 1. The van der Waals surface area contributed by atoms with E-state index in [-0.39, 0.29) is 0 Å². The topological polar surface area (TPSA) is 63.8 Å². The number of aromatic nitrogens is 2. The van der Waals surface area contributed by atoms with E-state index in [0.29, 0.717) is 11.5 Å². The van der Waals surface area contributed by atoms with Crippen LogP contribution in [0.2, 0.25) is 0 Å². The standard InChI is InChI=1S/C12H14N4S2/c1-7-3-10(11(12(13)17)8(2)16-7)14-4-9-5-18-6-15-9/h3,5-6H,4H2,1-2H3,(H2,13,17)(H,14,16). The summed E-state index contributed by atoms with van der Waals surface area (Å²) in [4.78, 5) is 8.97. The first kappa shape index (κ1) is 12.9. The zero-order valence-electron chi connectivity index (χ0n) is 10.2. The van der Waals surface area contributed by atoms with Crippen molar-refractivity contribution < 1.29 is 0 Å². The van der Waals surface area contributed by atoms with E-state index in [4.69, 9.17) is 18.0 Å². The molecule has 4 nitrogen and oxygen atoms in total. The molecule has 2 rings (SSSR count). The van der Waals surface area contributed by atoms with Crippen LogP contribution in [0, 0.1) is 13.8 Å². The molecule has 0 aliphatic carbocycles. The van der Waals surface area contributed by atoms with Gasteiger partial charge in [0.05, 0.1) is 23.3 Å². The summed E-state index contributed by atoms with van der Waals surface area (Å²) in [5.41, 5.74) is 12.1. The third-order valence-electron chi connectivity index (χ3n) is 2.52. The van der Waals surface area contributed by atoms with Crippen molar-refractivity contribution in [3.63, 3.8) is 0 Å². The van der Waals surface area contributed by atoms with Crippen molar-refractivity contribution >= 4 is 34.2 Å². The van der Waals surface area contributed by atoms with Gasteiger partial charge in [0, 0.05) is 22.5 Å². The Balaban J connectivity index is 2.28. The molecule has 0 saturated carbocycles. The molecule has 0 spiro atoms. The van der Waals surface area contributed by atoms with Gasteiger partial charge in [0.25, 0.3) is 0 Å². The van der Waals surface area contributed by atoms with Crippen molar-refractivity contribution in [3.8, 4) is 0 Å². The third-order valence-corrected chi connectivity index (χ3v) is 3.36. The minimum atomic E-state index is 0.362. The van der Waals surface area contributed by atoms with Gasteiger partial charge in [-0.1, -0.05) is 12.2 Å². The molecular formula is C12H14N4S2. The van der Waals surface area contributed by atoms with Crippen LogP contribution in [0.15, 0.2) is 17.0 Å². The Morgan fingerprint density at radius 2 is 2.28 bits per heavy atom. The first-order chi connectivity index (χ1) is 8.58. The highest BCUT2D eigenvalue weighted by Crippen LogP contribution is 2.20. The summed E-state index contributed by atoms with van der Waals surface area (Å²) >= 11 is 6.66. The predicted molar refractivity (Wildman–Crippen MR) is 79.0 cm³/mol. The number of nitrogens with one attached hydrogen (secondary N) is 1. The highest BCUT2D eigenvalue weighted by Gasteiger charge is 2.11. The lowest BCUT2D eigenvalue weighted by Gasteiger charge is -2.13. The summed E-state index contributed by atoms with van der Waals surface area (Å²) in [5.74, 6) is 0. The zero-order valence-corrected chi connectivity index (χ0v) is 11.9. The van der Waals surface area contributed by atoms with E-state index >= 15 is 0 Å². The van der Waals surface area contributed by atoms with Crippen LogP contribution >= 0.6 is 23.6 Å². The molecule has 0 unspecified atom stereocenters. The highest BCUT2D eigenvalue weighted by atomic mass is 32.1. The van der Waals surface area contributed by atoms with E-state index in [2.05, 4.69) is 15.3 Å². The van der Waals surface area contributed by atoms with Gasteiger partial charge in [-0.25, -0.2) is 4.98 Å². The van der Waals surface area contributed by atoms with Gasteiger partial charge in [-0.2, -0.15) is 0 Å². The van der Waals surface area contributed by atoms with Crippen molar-refractivity contribution in [3.05, 3.63) is 39.6 Å². The molecule has 0 atom stereocenters.